The van der Waals surface area contributed by atoms with Gasteiger partial charge < -0.3 is 15.2 Å². The highest BCUT2D eigenvalue weighted by atomic mass is 16.5. The third kappa shape index (κ3) is 4.89. The van der Waals surface area contributed by atoms with Crippen LogP contribution in [-0.2, 0) is 17.6 Å². The zero-order valence-electron chi connectivity index (χ0n) is 13.1. The molecule has 0 radical (unpaired) electrons. The third-order valence-corrected chi connectivity index (χ3v) is 4.11. The molecule has 1 amide bonds. The topological polar surface area (TPSA) is 80.1 Å². The van der Waals surface area contributed by atoms with Crippen molar-refractivity contribution in [1.82, 2.24) is 15.5 Å². The second-order valence-electron chi connectivity index (χ2n) is 5.93. The van der Waals surface area contributed by atoms with E-state index in [1.165, 1.54) is 12.8 Å². The number of hydrogen-bond acceptors (Lipinski definition) is 5. The van der Waals surface area contributed by atoms with Crippen LogP contribution in [0.3, 0.4) is 0 Å². The van der Waals surface area contributed by atoms with Crippen LogP contribution in [0.4, 0.5) is 5.69 Å². The Morgan fingerprint density at radius 3 is 2.83 bits per heavy atom. The van der Waals surface area contributed by atoms with Crippen LogP contribution in [0, 0.1) is 5.92 Å². The van der Waals surface area contributed by atoms with Gasteiger partial charge in [-0.2, -0.15) is 4.98 Å². The quantitative estimate of drug-likeness (QED) is 0.854. The van der Waals surface area contributed by atoms with Gasteiger partial charge in [0.1, 0.15) is 0 Å². The lowest BCUT2D eigenvalue weighted by Crippen LogP contribution is -2.27. The molecule has 6 nitrogen and oxygen atoms in total. The van der Waals surface area contributed by atoms with Crippen molar-refractivity contribution in [3.63, 3.8) is 0 Å². The molecule has 2 aromatic rings. The summed E-state index contributed by atoms with van der Waals surface area (Å²) in [7, 11) is 0. The van der Waals surface area contributed by atoms with Gasteiger partial charge >= 0.3 is 0 Å². The van der Waals surface area contributed by atoms with E-state index in [-0.39, 0.29) is 12.3 Å². The number of aromatic nitrogens is 2. The molecular weight excluding hydrogens is 292 g/mol. The number of amides is 1. The van der Waals surface area contributed by atoms with E-state index in [9.17, 15) is 4.79 Å². The number of hydrogen-bond donors (Lipinski definition) is 2. The number of para-hydroxylation sites is 1. The molecule has 1 aliphatic heterocycles. The summed E-state index contributed by atoms with van der Waals surface area (Å²) in [5.74, 6) is 1.67. The fraction of sp³-hybridized carbons (Fsp3) is 0.471. The maximum Gasteiger partial charge on any atom is 0.232 e. The van der Waals surface area contributed by atoms with E-state index in [2.05, 4.69) is 20.8 Å². The van der Waals surface area contributed by atoms with Crippen LogP contribution < -0.4 is 10.6 Å². The molecule has 2 heterocycles. The smallest absolute Gasteiger partial charge is 0.232 e. The minimum Gasteiger partial charge on any atom is -0.339 e. The van der Waals surface area contributed by atoms with Crippen LogP contribution >= 0.6 is 0 Å². The molecule has 3 rings (SSSR count). The van der Waals surface area contributed by atoms with Crippen molar-refractivity contribution in [2.45, 2.75) is 32.1 Å². The largest absolute Gasteiger partial charge is 0.339 e. The molecule has 122 valence electrons. The Balaban J connectivity index is 1.46. The number of anilines is 1. The molecule has 0 spiro atoms. The van der Waals surface area contributed by atoms with Crippen LogP contribution in [0.25, 0.3) is 0 Å². The van der Waals surface area contributed by atoms with Crippen LogP contribution in [0.1, 0.15) is 31.0 Å². The highest BCUT2D eigenvalue weighted by molar-refractivity contribution is 5.91. The molecule has 0 bridgehead atoms. The molecule has 1 aromatic carbocycles. The van der Waals surface area contributed by atoms with E-state index in [1.807, 2.05) is 30.3 Å². The maximum atomic E-state index is 12.0. The van der Waals surface area contributed by atoms with Crippen molar-refractivity contribution in [3.8, 4) is 0 Å². The molecule has 0 aliphatic carbocycles. The lowest BCUT2D eigenvalue weighted by Gasteiger charge is -2.21. The molecule has 0 atom stereocenters. The SMILES string of the molecule is O=C(Cc1noc(CCC2CCNCC2)n1)Nc1ccccc1. The van der Waals surface area contributed by atoms with Crippen LogP contribution in [0.2, 0.25) is 0 Å². The van der Waals surface area contributed by atoms with Gasteiger partial charge in [0.25, 0.3) is 0 Å². The number of rotatable bonds is 6. The van der Waals surface area contributed by atoms with Gasteiger partial charge in [-0.25, -0.2) is 0 Å². The van der Waals surface area contributed by atoms with Crippen LogP contribution in [0.15, 0.2) is 34.9 Å². The minimum atomic E-state index is -0.137. The Bertz CT molecular complexity index is 621. The first-order valence-electron chi connectivity index (χ1n) is 8.16. The van der Waals surface area contributed by atoms with Crippen LogP contribution in [-0.4, -0.2) is 29.1 Å². The molecule has 1 fully saturated rings. The molecule has 1 aliphatic rings. The van der Waals surface area contributed by atoms with Gasteiger partial charge in [-0.3, -0.25) is 4.79 Å². The minimum absolute atomic E-state index is 0.131. The molecular formula is C17H22N4O2. The monoisotopic (exact) mass is 314 g/mol. The van der Waals surface area contributed by atoms with Gasteiger partial charge in [0.2, 0.25) is 11.8 Å². The van der Waals surface area contributed by atoms with Gasteiger partial charge in [0.15, 0.2) is 5.82 Å². The highest BCUT2D eigenvalue weighted by Crippen LogP contribution is 2.18. The summed E-state index contributed by atoms with van der Waals surface area (Å²) >= 11 is 0. The lowest BCUT2D eigenvalue weighted by molar-refractivity contribution is -0.115. The van der Waals surface area contributed by atoms with Crippen molar-refractivity contribution >= 4 is 11.6 Å². The summed E-state index contributed by atoms with van der Waals surface area (Å²) in [6, 6.07) is 9.35. The molecule has 1 saturated heterocycles. The molecule has 0 unspecified atom stereocenters. The van der Waals surface area contributed by atoms with Crippen molar-refractivity contribution in [1.29, 1.82) is 0 Å². The predicted molar refractivity (Wildman–Crippen MR) is 87.0 cm³/mol. The van der Waals surface area contributed by atoms with E-state index >= 15 is 0 Å². The third-order valence-electron chi connectivity index (χ3n) is 4.11. The van der Waals surface area contributed by atoms with Crippen molar-refractivity contribution < 1.29 is 9.32 Å². The number of aryl methyl sites for hydroxylation is 1. The second kappa shape index (κ2) is 7.87. The van der Waals surface area contributed by atoms with Gasteiger partial charge in [0.05, 0.1) is 6.42 Å². The first-order chi connectivity index (χ1) is 11.3. The molecule has 6 heteroatoms. The number of nitrogens with one attached hydrogen (secondary N) is 2. The summed E-state index contributed by atoms with van der Waals surface area (Å²) in [5.41, 5.74) is 0.770. The number of carbonyl (C=O) groups excluding carboxylic acids is 1. The van der Waals surface area contributed by atoms with E-state index in [1.54, 1.807) is 0 Å². The average molecular weight is 314 g/mol. The first kappa shape index (κ1) is 15.7. The van der Waals surface area contributed by atoms with E-state index in [0.717, 1.165) is 37.5 Å². The van der Waals surface area contributed by atoms with Gasteiger partial charge in [-0.05, 0) is 50.4 Å². The Morgan fingerprint density at radius 1 is 1.26 bits per heavy atom. The van der Waals surface area contributed by atoms with Gasteiger partial charge in [0, 0.05) is 12.1 Å². The van der Waals surface area contributed by atoms with Gasteiger partial charge in [-0.1, -0.05) is 23.4 Å². The maximum absolute atomic E-state index is 12.0. The fourth-order valence-corrected chi connectivity index (χ4v) is 2.83. The zero-order valence-corrected chi connectivity index (χ0v) is 13.1. The number of carbonyl (C=O) groups is 1. The van der Waals surface area contributed by atoms with Crippen LogP contribution in [0.5, 0.6) is 0 Å². The Kier molecular flexibility index (Phi) is 5.37. The van der Waals surface area contributed by atoms with Crippen molar-refractivity contribution in [2.75, 3.05) is 18.4 Å². The van der Waals surface area contributed by atoms with E-state index in [4.69, 9.17) is 4.52 Å². The Hall–Kier alpha value is -2.21. The van der Waals surface area contributed by atoms with E-state index in [0.29, 0.717) is 11.7 Å². The first-order valence-corrected chi connectivity index (χ1v) is 8.16. The normalized spacial score (nSPS) is 15.5. The molecule has 23 heavy (non-hydrogen) atoms. The Morgan fingerprint density at radius 2 is 2.04 bits per heavy atom. The number of benzene rings is 1. The second-order valence-corrected chi connectivity index (χ2v) is 5.93. The average Bonchev–Trinajstić information content (AvgIpc) is 3.02. The van der Waals surface area contributed by atoms with Crippen molar-refractivity contribution in [2.24, 2.45) is 5.92 Å². The van der Waals surface area contributed by atoms with Crippen molar-refractivity contribution in [3.05, 3.63) is 42.0 Å². The predicted octanol–water partition coefficient (Wildman–Crippen LogP) is 2.18. The fourth-order valence-electron chi connectivity index (χ4n) is 2.83. The number of nitrogens with zero attached hydrogens (tertiary/aromatic N) is 2. The molecule has 1 aromatic heterocycles. The standard InChI is InChI=1S/C17H22N4O2/c22-16(19-14-4-2-1-3-5-14)12-15-20-17(23-21-15)7-6-13-8-10-18-11-9-13/h1-5,13,18H,6-12H2,(H,19,22). The summed E-state index contributed by atoms with van der Waals surface area (Å²) in [6.45, 7) is 2.19. The summed E-state index contributed by atoms with van der Waals surface area (Å²) in [4.78, 5) is 16.3. The lowest BCUT2D eigenvalue weighted by atomic mass is 9.93. The molecule has 2 N–H and O–H groups in total. The molecule has 0 saturated carbocycles. The number of piperidine rings is 1. The Labute approximate surface area is 135 Å². The summed E-state index contributed by atoms with van der Waals surface area (Å²) in [5, 5.41) is 10.1. The van der Waals surface area contributed by atoms with Gasteiger partial charge in [-0.15, -0.1) is 0 Å². The summed E-state index contributed by atoms with van der Waals surface area (Å²) in [6.07, 6.45) is 4.41. The summed E-state index contributed by atoms with van der Waals surface area (Å²) < 4.78 is 5.25. The van der Waals surface area contributed by atoms with E-state index < -0.39 is 0 Å². The zero-order chi connectivity index (χ0) is 15.9. The highest BCUT2D eigenvalue weighted by Gasteiger charge is 2.16.